The molecule has 0 fully saturated rings. The Balaban J connectivity index is 3.35. The minimum Gasteiger partial charge on any atom is -0.390 e. The van der Waals surface area contributed by atoms with E-state index in [9.17, 15) is 5.11 Å². The zero-order valence-electron chi connectivity index (χ0n) is 9.07. The smallest absolute Gasteiger partial charge is 0.0592 e. The molecule has 0 aliphatic heterocycles. The molecule has 0 aromatic carbocycles. The summed E-state index contributed by atoms with van der Waals surface area (Å²) < 4.78 is 0. The normalized spacial score (nSPS) is 13.5. The fourth-order valence-corrected chi connectivity index (χ4v) is 0.984. The molecule has 2 heteroatoms. The highest BCUT2D eigenvalue weighted by Crippen LogP contribution is 2.09. The second-order valence-corrected chi connectivity index (χ2v) is 5.09. The Bertz CT molecular complexity index is 103. The summed E-state index contributed by atoms with van der Waals surface area (Å²) in [6, 6.07) is 0. The van der Waals surface area contributed by atoms with Crippen LogP contribution in [0.4, 0.5) is 0 Å². The van der Waals surface area contributed by atoms with Crippen LogP contribution in [0.2, 0.25) is 0 Å². The first kappa shape index (κ1) is 11.9. The number of hydrogen-bond donors (Lipinski definition) is 2. The minimum atomic E-state index is -0.514. The van der Waals surface area contributed by atoms with Crippen molar-refractivity contribution >= 4 is 0 Å². The molecule has 0 bridgehead atoms. The maximum Gasteiger partial charge on any atom is 0.0592 e. The average molecular weight is 173 g/mol. The van der Waals surface area contributed by atoms with Gasteiger partial charge in [0.05, 0.1) is 5.60 Å². The van der Waals surface area contributed by atoms with Gasteiger partial charge in [0, 0.05) is 5.54 Å². The first-order valence-corrected chi connectivity index (χ1v) is 4.68. The van der Waals surface area contributed by atoms with Gasteiger partial charge in [0.1, 0.15) is 0 Å². The molecule has 0 aromatic rings. The van der Waals surface area contributed by atoms with E-state index in [1.54, 1.807) is 0 Å². The van der Waals surface area contributed by atoms with E-state index in [0.717, 1.165) is 19.4 Å². The molecule has 0 radical (unpaired) electrons. The Morgan fingerprint density at radius 3 is 1.92 bits per heavy atom. The lowest BCUT2D eigenvalue weighted by Gasteiger charge is -2.22. The average Bonchev–Trinajstić information content (AvgIpc) is 1.76. The maximum absolute atomic E-state index is 9.42. The van der Waals surface area contributed by atoms with Crippen LogP contribution in [0.25, 0.3) is 0 Å². The summed E-state index contributed by atoms with van der Waals surface area (Å²) in [6.07, 6.45) is 1.89. The van der Waals surface area contributed by atoms with Gasteiger partial charge >= 0.3 is 0 Å². The first-order valence-electron chi connectivity index (χ1n) is 4.68. The number of hydrogen-bond acceptors (Lipinski definition) is 2. The standard InChI is InChI=1S/C10H23NO/c1-9(2,3)11-8-6-7-10(4,5)12/h11-12H,6-8H2,1-5H3. The van der Waals surface area contributed by atoms with Gasteiger partial charge in [-0.05, 0) is 54.0 Å². The SMILES string of the molecule is CC(C)(O)CCCNC(C)(C)C. The van der Waals surface area contributed by atoms with Crippen LogP contribution in [0.1, 0.15) is 47.5 Å². The van der Waals surface area contributed by atoms with Gasteiger partial charge in [0.25, 0.3) is 0 Å². The van der Waals surface area contributed by atoms with Crippen molar-refractivity contribution in [3.63, 3.8) is 0 Å². The monoisotopic (exact) mass is 173 g/mol. The lowest BCUT2D eigenvalue weighted by molar-refractivity contribution is 0.0683. The van der Waals surface area contributed by atoms with Crippen LogP contribution in [0.5, 0.6) is 0 Å². The van der Waals surface area contributed by atoms with E-state index in [2.05, 4.69) is 26.1 Å². The molecule has 74 valence electrons. The Kier molecular flexibility index (Phi) is 4.21. The Hall–Kier alpha value is -0.0800. The molecule has 2 nitrogen and oxygen atoms in total. The van der Waals surface area contributed by atoms with Gasteiger partial charge in [-0.15, -0.1) is 0 Å². The highest BCUT2D eigenvalue weighted by atomic mass is 16.3. The molecular formula is C10H23NO. The fourth-order valence-electron chi connectivity index (χ4n) is 0.984. The Morgan fingerprint density at radius 2 is 1.58 bits per heavy atom. The van der Waals surface area contributed by atoms with Crippen LogP contribution >= 0.6 is 0 Å². The molecular weight excluding hydrogens is 150 g/mol. The van der Waals surface area contributed by atoms with E-state index in [0.29, 0.717) is 0 Å². The largest absolute Gasteiger partial charge is 0.390 e. The maximum atomic E-state index is 9.42. The molecule has 0 aliphatic carbocycles. The number of aliphatic hydroxyl groups is 1. The van der Waals surface area contributed by atoms with Crippen molar-refractivity contribution in [2.75, 3.05) is 6.54 Å². The summed E-state index contributed by atoms with van der Waals surface area (Å²) in [5.74, 6) is 0. The van der Waals surface area contributed by atoms with Crippen molar-refractivity contribution in [3.05, 3.63) is 0 Å². The zero-order chi connectivity index (χ0) is 9.83. The van der Waals surface area contributed by atoms with E-state index in [-0.39, 0.29) is 5.54 Å². The molecule has 0 spiro atoms. The van der Waals surface area contributed by atoms with Crippen LogP contribution in [-0.2, 0) is 0 Å². The van der Waals surface area contributed by atoms with Crippen LogP contribution in [0.3, 0.4) is 0 Å². The molecule has 0 aliphatic rings. The van der Waals surface area contributed by atoms with Crippen molar-refractivity contribution < 1.29 is 5.11 Å². The minimum absolute atomic E-state index is 0.194. The molecule has 2 N–H and O–H groups in total. The summed E-state index contributed by atoms with van der Waals surface area (Å²) in [5, 5.41) is 12.8. The van der Waals surface area contributed by atoms with Gasteiger partial charge in [-0.3, -0.25) is 0 Å². The van der Waals surface area contributed by atoms with Gasteiger partial charge in [-0.1, -0.05) is 0 Å². The molecule has 0 heterocycles. The van der Waals surface area contributed by atoms with Crippen molar-refractivity contribution in [2.45, 2.75) is 58.6 Å². The second-order valence-electron chi connectivity index (χ2n) is 5.09. The molecule has 12 heavy (non-hydrogen) atoms. The van der Waals surface area contributed by atoms with Gasteiger partial charge in [-0.2, -0.15) is 0 Å². The molecule has 0 saturated heterocycles. The van der Waals surface area contributed by atoms with Crippen LogP contribution in [0.15, 0.2) is 0 Å². The van der Waals surface area contributed by atoms with E-state index < -0.39 is 5.60 Å². The first-order chi connectivity index (χ1) is 5.21. The second kappa shape index (κ2) is 4.24. The van der Waals surface area contributed by atoms with E-state index in [4.69, 9.17) is 0 Å². The summed E-state index contributed by atoms with van der Waals surface area (Å²) >= 11 is 0. The Labute approximate surface area is 76.4 Å². The predicted molar refractivity (Wildman–Crippen MR) is 53.3 cm³/mol. The third-order valence-electron chi connectivity index (χ3n) is 1.62. The van der Waals surface area contributed by atoms with E-state index in [1.165, 1.54) is 0 Å². The highest BCUT2D eigenvalue weighted by Gasteiger charge is 2.12. The predicted octanol–water partition coefficient (Wildman–Crippen LogP) is 1.93. The van der Waals surface area contributed by atoms with Crippen LogP contribution < -0.4 is 5.32 Å². The Morgan fingerprint density at radius 1 is 1.08 bits per heavy atom. The summed E-state index contributed by atoms with van der Waals surface area (Å²) in [7, 11) is 0. The third kappa shape index (κ3) is 9.92. The lowest BCUT2D eigenvalue weighted by Crippen LogP contribution is -2.37. The van der Waals surface area contributed by atoms with Crippen LogP contribution in [-0.4, -0.2) is 22.8 Å². The van der Waals surface area contributed by atoms with Gasteiger partial charge < -0.3 is 10.4 Å². The molecule has 0 amide bonds. The fraction of sp³-hybridized carbons (Fsp3) is 1.00. The quantitative estimate of drug-likeness (QED) is 0.637. The third-order valence-corrected chi connectivity index (χ3v) is 1.62. The molecule has 0 unspecified atom stereocenters. The summed E-state index contributed by atoms with van der Waals surface area (Å²) in [5.41, 5.74) is -0.320. The van der Waals surface area contributed by atoms with Gasteiger partial charge in [-0.25, -0.2) is 0 Å². The van der Waals surface area contributed by atoms with Gasteiger partial charge in [0.15, 0.2) is 0 Å². The van der Waals surface area contributed by atoms with Crippen molar-refractivity contribution in [3.8, 4) is 0 Å². The summed E-state index contributed by atoms with van der Waals surface area (Å²) in [4.78, 5) is 0. The lowest BCUT2D eigenvalue weighted by atomic mass is 10.0. The zero-order valence-corrected chi connectivity index (χ0v) is 9.07. The molecule has 0 saturated carbocycles. The van der Waals surface area contributed by atoms with Crippen molar-refractivity contribution in [1.29, 1.82) is 0 Å². The molecule has 0 atom stereocenters. The highest BCUT2D eigenvalue weighted by molar-refractivity contribution is 4.71. The van der Waals surface area contributed by atoms with Gasteiger partial charge in [0.2, 0.25) is 0 Å². The number of nitrogens with one attached hydrogen (secondary N) is 1. The van der Waals surface area contributed by atoms with E-state index >= 15 is 0 Å². The van der Waals surface area contributed by atoms with Crippen LogP contribution in [0, 0.1) is 0 Å². The summed E-state index contributed by atoms with van der Waals surface area (Å²) in [6.45, 7) is 11.1. The van der Waals surface area contributed by atoms with E-state index in [1.807, 2.05) is 13.8 Å². The topological polar surface area (TPSA) is 32.3 Å². The molecule has 0 rings (SSSR count). The number of rotatable bonds is 4. The van der Waals surface area contributed by atoms with Crippen molar-refractivity contribution in [2.24, 2.45) is 0 Å². The van der Waals surface area contributed by atoms with Crippen molar-refractivity contribution in [1.82, 2.24) is 5.32 Å². The molecule has 0 aromatic heterocycles.